The normalized spacial score (nSPS) is 24.6. The van der Waals surface area contributed by atoms with E-state index in [2.05, 4.69) is 19.9 Å². The van der Waals surface area contributed by atoms with E-state index >= 15 is 0 Å². The van der Waals surface area contributed by atoms with E-state index in [0.717, 1.165) is 44.2 Å². The van der Waals surface area contributed by atoms with Gasteiger partial charge in [0.2, 0.25) is 5.91 Å². The molecule has 1 saturated heterocycles. The fraction of sp³-hybridized carbons (Fsp3) is 0.562. The molecule has 122 valence electrons. The zero-order chi connectivity index (χ0) is 15.8. The van der Waals surface area contributed by atoms with Gasteiger partial charge in [-0.2, -0.15) is 5.10 Å². The molecule has 2 fully saturated rings. The highest BCUT2D eigenvalue weighted by molar-refractivity contribution is 7.13. The lowest BCUT2D eigenvalue weighted by atomic mass is 10.2. The summed E-state index contributed by atoms with van der Waals surface area (Å²) in [4.78, 5) is 21.5. The van der Waals surface area contributed by atoms with Gasteiger partial charge in [-0.25, -0.2) is 4.98 Å². The monoisotopic (exact) mass is 331 g/mol. The first-order valence-corrected chi connectivity index (χ1v) is 9.02. The number of hydrogen-bond donors (Lipinski definition) is 0. The van der Waals surface area contributed by atoms with Gasteiger partial charge in [-0.15, -0.1) is 11.3 Å². The molecule has 2 aliphatic rings. The number of anilines is 1. The van der Waals surface area contributed by atoms with Crippen molar-refractivity contribution in [3.8, 4) is 0 Å². The third kappa shape index (κ3) is 2.97. The van der Waals surface area contributed by atoms with Gasteiger partial charge in [-0.3, -0.25) is 9.48 Å². The Bertz CT molecular complexity index is 682. The molecule has 0 unspecified atom stereocenters. The van der Waals surface area contributed by atoms with Crippen LogP contribution in [0.3, 0.4) is 0 Å². The Kier molecular flexibility index (Phi) is 3.80. The van der Waals surface area contributed by atoms with Crippen LogP contribution in [0.15, 0.2) is 24.0 Å². The summed E-state index contributed by atoms with van der Waals surface area (Å²) in [5.41, 5.74) is 1.20. The second kappa shape index (κ2) is 5.96. The van der Waals surface area contributed by atoms with Crippen molar-refractivity contribution in [2.75, 3.05) is 31.1 Å². The van der Waals surface area contributed by atoms with Crippen molar-refractivity contribution < 1.29 is 4.79 Å². The Morgan fingerprint density at radius 1 is 1.30 bits per heavy atom. The third-order valence-corrected chi connectivity index (χ3v) is 5.59. The lowest BCUT2D eigenvalue weighted by Gasteiger charge is -2.21. The van der Waals surface area contributed by atoms with Crippen molar-refractivity contribution in [1.82, 2.24) is 19.7 Å². The predicted octanol–water partition coefficient (Wildman–Crippen LogP) is 1.72. The first-order chi connectivity index (χ1) is 11.2. The minimum absolute atomic E-state index is 0.158. The van der Waals surface area contributed by atoms with Crippen LogP contribution in [-0.4, -0.2) is 51.8 Å². The van der Waals surface area contributed by atoms with E-state index in [-0.39, 0.29) is 5.92 Å². The molecule has 4 rings (SSSR count). The highest BCUT2D eigenvalue weighted by Gasteiger charge is 2.46. The van der Waals surface area contributed by atoms with Gasteiger partial charge in [0, 0.05) is 56.9 Å². The van der Waals surface area contributed by atoms with Crippen molar-refractivity contribution in [1.29, 1.82) is 0 Å². The van der Waals surface area contributed by atoms with Crippen LogP contribution in [0.5, 0.6) is 0 Å². The molecule has 0 bridgehead atoms. The van der Waals surface area contributed by atoms with Crippen LogP contribution in [0.2, 0.25) is 0 Å². The van der Waals surface area contributed by atoms with Crippen LogP contribution in [-0.2, 0) is 11.8 Å². The number of aryl methyl sites for hydroxylation is 1. The maximum absolute atomic E-state index is 12.8. The Hall–Kier alpha value is -1.89. The van der Waals surface area contributed by atoms with Crippen molar-refractivity contribution in [2.24, 2.45) is 13.0 Å². The van der Waals surface area contributed by atoms with E-state index in [1.54, 1.807) is 11.3 Å². The molecule has 0 N–H and O–H groups in total. The molecule has 3 heterocycles. The standard InChI is InChI=1S/C16H21N5OS/c1-19-11-12(10-18-19)13-9-14(13)15(22)20-4-2-5-21(7-6-20)16-17-3-8-23-16/h3,8,10-11,13-14H,2,4-7,9H2,1H3/t13-,14-/m1/s1. The first kappa shape index (κ1) is 14.7. The maximum Gasteiger partial charge on any atom is 0.226 e. The van der Waals surface area contributed by atoms with Crippen molar-refractivity contribution in [3.05, 3.63) is 29.5 Å². The number of thiazole rings is 1. The molecule has 2 atom stereocenters. The molecule has 2 aromatic heterocycles. The summed E-state index contributed by atoms with van der Waals surface area (Å²) in [6.45, 7) is 3.52. The number of rotatable bonds is 3. The molecule has 1 aliphatic heterocycles. The number of aromatic nitrogens is 3. The average Bonchev–Trinajstić information content (AvgIpc) is 3.06. The predicted molar refractivity (Wildman–Crippen MR) is 89.6 cm³/mol. The molecule has 0 aromatic carbocycles. The topological polar surface area (TPSA) is 54.3 Å². The lowest BCUT2D eigenvalue weighted by molar-refractivity contribution is -0.132. The average molecular weight is 331 g/mol. The summed E-state index contributed by atoms with van der Waals surface area (Å²) in [7, 11) is 1.92. The summed E-state index contributed by atoms with van der Waals surface area (Å²) < 4.78 is 1.81. The number of nitrogens with zero attached hydrogens (tertiary/aromatic N) is 5. The van der Waals surface area contributed by atoms with Crippen molar-refractivity contribution in [3.63, 3.8) is 0 Å². The lowest BCUT2D eigenvalue weighted by Crippen LogP contribution is -2.36. The first-order valence-electron chi connectivity index (χ1n) is 8.14. The van der Waals surface area contributed by atoms with E-state index < -0.39 is 0 Å². The fourth-order valence-corrected chi connectivity index (χ4v) is 4.10. The molecule has 0 radical (unpaired) electrons. The van der Waals surface area contributed by atoms with Crippen LogP contribution in [0, 0.1) is 5.92 Å². The summed E-state index contributed by atoms with van der Waals surface area (Å²) in [5, 5.41) is 7.29. The zero-order valence-corrected chi connectivity index (χ0v) is 14.1. The molecule has 1 amide bonds. The van der Waals surface area contributed by atoms with Crippen molar-refractivity contribution in [2.45, 2.75) is 18.8 Å². The minimum Gasteiger partial charge on any atom is -0.346 e. The molecule has 6 nitrogen and oxygen atoms in total. The summed E-state index contributed by atoms with van der Waals surface area (Å²) in [5.74, 6) is 0.847. The Morgan fingerprint density at radius 2 is 2.22 bits per heavy atom. The summed E-state index contributed by atoms with van der Waals surface area (Å²) in [6, 6.07) is 0. The van der Waals surface area contributed by atoms with Gasteiger partial charge >= 0.3 is 0 Å². The zero-order valence-electron chi connectivity index (χ0n) is 13.3. The smallest absolute Gasteiger partial charge is 0.226 e. The largest absolute Gasteiger partial charge is 0.346 e. The van der Waals surface area contributed by atoms with Gasteiger partial charge in [0.15, 0.2) is 5.13 Å². The van der Waals surface area contributed by atoms with Crippen LogP contribution in [0.4, 0.5) is 5.13 Å². The minimum atomic E-state index is 0.158. The Balaban J connectivity index is 1.36. The molecular formula is C16H21N5OS. The van der Waals surface area contributed by atoms with Crippen LogP contribution >= 0.6 is 11.3 Å². The van der Waals surface area contributed by atoms with E-state index in [4.69, 9.17) is 0 Å². The summed E-state index contributed by atoms with van der Waals surface area (Å²) in [6.07, 6.45) is 7.75. The van der Waals surface area contributed by atoms with Gasteiger partial charge in [0.25, 0.3) is 0 Å². The fourth-order valence-electron chi connectivity index (χ4n) is 3.40. The van der Waals surface area contributed by atoms with Gasteiger partial charge in [0.1, 0.15) is 0 Å². The Labute approximate surface area is 139 Å². The molecule has 2 aromatic rings. The molecule has 7 heteroatoms. The van der Waals surface area contributed by atoms with Crippen LogP contribution in [0.25, 0.3) is 0 Å². The van der Waals surface area contributed by atoms with Crippen LogP contribution < -0.4 is 4.90 Å². The Morgan fingerprint density at radius 3 is 2.96 bits per heavy atom. The second-order valence-corrected chi connectivity index (χ2v) is 7.25. The highest BCUT2D eigenvalue weighted by Crippen LogP contribution is 2.48. The van der Waals surface area contributed by atoms with E-state index in [1.165, 1.54) is 5.56 Å². The number of carbonyl (C=O) groups is 1. The van der Waals surface area contributed by atoms with E-state index in [1.807, 2.05) is 35.7 Å². The van der Waals surface area contributed by atoms with E-state index in [0.29, 0.717) is 11.8 Å². The van der Waals surface area contributed by atoms with Gasteiger partial charge in [0.05, 0.1) is 6.20 Å². The molecule has 1 aliphatic carbocycles. The highest BCUT2D eigenvalue weighted by atomic mass is 32.1. The van der Waals surface area contributed by atoms with E-state index in [9.17, 15) is 4.79 Å². The molecule has 1 saturated carbocycles. The second-order valence-electron chi connectivity index (χ2n) is 6.38. The van der Waals surface area contributed by atoms with Gasteiger partial charge in [-0.05, 0) is 24.3 Å². The molecule has 0 spiro atoms. The summed E-state index contributed by atoms with van der Waals surface area (Å²) >= 11 is 1.67. The van der Waals surface area contributed by atoms with Gasteiger partial charge < -0.3 is 9.80 Å². The maximum atomic E-state index is 12.8. The van der Waals surface area contributed by atoms with Crippen LogP contribution in [0.1, 0.15) is 24.3 Å². The number of carbonyl (C=O) groups excluding carboxylic acids is 1. The third-order valence-electron chi connectivity index (χ3n) is 4.76. The van der Waals surface area contributed by atoms with Crippen molar-refractivity contribution >= 4 is 22.4 Å². The SMILES string of the molecule is Cn1cc([C@H]2C[C@H]2C(=O)N2CCCN(c3nccs3)CC2)cn1. The number of hydrogen-bond acceptors (Lipinski definition) is 5. The molecular weight excluding hydrogens is 310 g/mol. The molecule has 23 heavy (non-hydrogen) atoms. The quantitative estimate of drug-likeness (QED) is 0.859. The number of amides is 1. The van der Waals surface area contributed by atoms with Gasteiger partial charge in [-0.1, -0.05) is 0 Å².